The fraction of sp³-hybridized carbons (Fsp3) is 0.400. The van der Waals surface area contributed by atoms with Crippen LogP contribution >= 0.6 is 11.8 Å². The van der Waals surface area contributed by atoms with Gasteiger partial charge in [0.05, 0.1) is 0 Å². The maximum absolute atomic E-state index is 2.25. The highest BCUT2D eigenvalue weighted by molar-refractivity contribution is 8.02. The van der Waals surface area contributed by atoms with Crippen LogP contribution in [0.4, 0.5) is 0 Å². The van der Waals surface area contributed by atoms with E-state index >= 15 is 0 Å². The number of allylic oxidation sites excluding steroid dienone is 5. The van der Waals surface area contributed by atoms with Crippen molar-refractivity contribution in [1.29, 1.82) is 0 Å². The molecule has 0 aromatic heterocycles. The lowest BCUT2D eigenvalue weighted by atomic mass is 9.96. The average molecular weight is 166 g/mol. The highest BCUT2D eigenvalue weighted by Gasteiger charge is 2.12. The summed E-state index contributed by atoms with van der Waals surface area (Å²) in [6.45, 7) is 4.51. The number of hydrogen-bond acceptors (Lipinski definition) is 1. The Morgan fingerprint density at radius 3 is 2.64 bits per heavy atom. The van der Waals surface area contributed by atoms with E-state index in [1.54, 1.807) is 0 Å². The molecule has 1 rings (SSSR count). The van der Waals surface area contributed by atoms with E-state index in [1.165, 1.54) is 0 Å². The largest absolute Gasteiger partial charge is 0.133 e. The lowest BCUT2D eigenvalue weighted by molar-refractivity contribution is 0.557. The molecule has 0 bridgehead atoms. The van der Waals surface area contributed by atoms with Gasteiger partial charge >= 0.3 is 0 Å². The fourth-order valence-electron chi connectivity index (χ4n) is 0.856. The summed E-state index contributed by atoms with van der Waals surface area (Å²) in [6, 6.07) is 0. The number of thioether (sulfide) groups is 1. The first-order valence-corrected chi connectivity index (χ1v) is 4.88. The van der Waals surface area contributed by atoms with E-state index < -0.39 is 0 Å². The van der Waals surface area contributed by atoms with Crippen molar-refractivity contribution in [2.75, 3.05) is 5.75 Å². The Bertz CT molecular complexity index is 197. The highest BCUT2D eigenvalue weighted by Crippen LogP contribution is 2.24. The van der Waals surface area contributed by atoms with Crippen molar-refractivity contribution in [1.82, 2.24) is 0 Å². The summed E-state index contributed by atoms with van der Waals surface area (Å²) in [5.41, 5.74) is 0.323. The molecule has 0 aromatic rings. The van der Waals surface area contributed by atoms with E-state index in [2.05, 4.69) is 49.6 Å². The molecule has 0 aromatic carbocycles. The van der Waals surface area contributed by atoms with Crippen LogP contribution in [0.5, 0.6) is 0 Å². The Morgan fingerprint density at radius 2 is 1.82 bits per heavy atom. The maximum Gasteiger partial charge on any atom is 0.00602 e. The SMILES string of the molecule is CC1(C)\C=C/C=C\C=C/SC1. The van der Waals surface area contributed by atoms with Crippen LogP contribution in [0.15, 0.2) is 35.8 Å². The molecule has 0 nitrogen and oxygen atoms in total. The molecule has 1 aliphatic rings. The normalized spacial score (nSPS) is 31.1. The van der Waals surface area contributed by atoms with Crippen molar-refractivity contribution in [2.24, 2.45) is 5.41 Å². The van der Waals surface area contributed by atoms with Gasteiger partial charge in [0.25, 0.3) is 0 Å². The average Bonchev–Trinajstić information content (AvgIpc) is 2.00. The Morgan fingerprint density at radius 1 is 1.09 bits per heavy atom. The predicted molar refractivity (Wildman–Crippen MR) is 53.7 cm³/mol. The van der Waals surface area contributed by atoms with E-state index in [0.717, 1.165) is 5.75 Å². The third-order valence-corrected chi connectivity index (χ3v) is 2.77. The molecule has 11 heavy (non-hydrogen) atoms. The maximum atomic E-state index is 2.25. The molecule has 0 N–H and O–H groups in total. The summed E-state index contributed by atoms with van der Waals surface area (Å²) < 4.78 is 0. The Hall–Kier alpha value is -0.430. The van der Waals surface area contributed by atoms with Crippen LogP contribution in [0.3, 0.4) is 0 Å². The van der Waals surface area contributed by atoms with E-state index in [0.29, 0.717) is 5.41 Å². The molecule has 1 heteroatoms. The van der Waals surface area contributed by atoms with Crippen LogP contribution in [-0.4, -0.2) is 5.75 Å². The first kappa shape index (κ1) is 8.66. The topological polar surface area (TPSA) is 0 Å². The van der Waals surface area contributed by atoms with Crippen LogP contribution in [0.2, 0.25) is 0 Å². The van der Waals surface area contributed by atoms with E-state index in [-0.39, 0.29) is 0 Å². The Balaban J connectivity index is 2.68. The molecule has 0 radical (unpaired) electrons. The minimum absolute atomic E-state index is 0.323. The van der Waals surface area contributed by atoms with E-state index in [9.17, 15) is 0 Å². The van der Waals surface area contributed by atoms with Crippen LogP contribution < -0.4 is 0 Å². The number of hydrogen-bond donors (Lipinski definition) is 0. The Labute approximate surface area is 73.1 Å². The quantitative estimate of drug-likeness (QED) is 0.531. The third-order valence-electron chi connectivity index (χ3n) is 1.51. The lowest BCUT2D eigenvalue weighted by Crippen LogP contribution is -2.09. The van der Waals surface area contributed by atoms with Gasteiger partial charge in [-0.05, 0) is 10.8 Å². The summed E-state index contributed by atoms with van der Waals surface area (Å²) >= 11 is 1.87. The van der Waals surface area contributed by atoms with Gasteiger partial charge in [-0.25, -0.2) is 0 Å². The predicted octanol–water partition coefficient (Wildman–Crippen LogP) is 3.39. The van der Waals surface area contributed by atoms with Crippen molar-refractivity contribution in [3.8, 4) is 0 Å². The van der Waals surface area contributed by atoms with Crippen LogP contribution in [0.25, 0.3) is 0 Å². The summed E-state index contributed by atoms with van der Waals surface area (Å²) in [5.74, 6) is 1.15. The zero-order valence-electron chi connectivity index (χ0n) is 7.08. The first-order chi connectivity index (χ1) is 5.21. The lowest BCUT2D eigenvalue weighted by Gasteiger charge is -2.17. The molecule has 0 aliphatic carbocycles. The molecule has 60 valence electrons. The van der Waals surface area contributed by atoms with Gasteiger partial charge in [-0.3, -0.25) is 0 Å². The van der Waals surface area contributed by atoms with Gasteiger partial charge in [0.2, 0.25) is 0 Å². The molecule has 1 aliphatic heterocycles. The van der Waals surface area contributed by atoms with Crippen molar-refractivity contribution in [2.45, 2.75) is 13.8 Å². The second-order valence-corrected chi connectivity index (χ2v) is 4.27. The van der Waals surface area contributed by atoms with Crippen LogP contribution in [0.1, 0.15) is 13.8 Å². The van der Waals surface area contributed by atoms with Crippen molar-refractivity contribution in [3.05, 3.63) is 35.8 Å². The fourth-order valence-corrected chi connectivity index (χ4v) is 1.68. The zero-order chi connectivity index (χ0) is 8.16. The molecule has 0 saturated carbocycles. The minimum Gasteiger partial charge on any atom is -0.133 e. The standard InChI is InChI=1S/C10H14S/c1-10(2)7-5-3-4-6-8-11-9-10/h3-8H,9H2,1-2H3/b4-3-,7-5-,8-6-. The van der Waals surface area contributed by atoms with Gasteiger partial charge in [0.15, 0.2) is 0 Å². The summed E-state index contributed by atoms with van der Waals surface area (Å²) in [5, 5.41) is 2.14. The molecule has 0 saturated heterocycles. The van der Waals surface area contributed by atoms with Crippen molar-refractivity contribution in [3.63, 3.8) is 0 Å². The highest BCUT2D eigenvalue weighted by atomic mass is 32.2. The van der Waals surface area contributed by atoms with Crippen molar-refractivity contribution >= 4 is 11.8 Å². The van der Waals surface area contributed by atoms with Gasteiger partial charge in [0.1, 0.15) is 0 Å². The van der Waals surface area contributed by atoms with E-state index in [1.807, 2.05) is 11.8 Å². The van der Waals surface area contributed by atoms with Gasteiger partial charge in [-0.2, -0.15) is 0 Å². The molecule has 0 unspecified atom stereocenters. The molecular weight excluding hydrogens is 152 g/mol. The molecule has 0 atom stereocenters. The summed E-state index contributed by atoms with van der Waals surface area (Å²) in [7, 11) is 0. The van der Waals surface area contributed by atoms with Gasteiger partial charge < -0.3 is 0 Å². The summed E-state index contributed by atoms with van der Waals surface area (Å²) in [4.78, 5) is 0. The third kappa shape index (κ3) is 3.47. The van der Waals surface area contributed by atoms with Gasteiger partial charge in [0, 0.05) is 5.75 Å². The second kappa shape index (κ2) is 3.82. The molecule has 0 amide bonds. The van der Waals surface area contributed by atoms with Crippen molar-refractivity contribution < 1.29 is 0 Å². The van der Waals surface area contributed by atoms with Crippen LogP contribution in [-0.2, 0) is 0 Å². The first-order valence-electron chi connectivity index (χ1n) is 3.83. The molecule has 0 fully saturated rings. The monoisotopic (exact) mass is 166 g/mol. The smallest absolute Gasteiger partial charge is 0.00602 e. The summed E-state index contributed by atoms with van der Waals surface area (Å²) in [6.07, 6.45) is 10.6. The van der Waals surface area contributed by atoms with Gasteiger partial charge in [-0.15, -0.1) is 11.8 Å². The molecular formula is C10H14S. The van der Waals surface area contributed by atoms with Gasteiger partial charge in [-0.1, -0.05) is 44.2 Å². The zero-order valence-corrected chi connectivity index (χ0v) is 7.90. The number of rotatable bonds is 0. The minimum atomic E-state index is 0.323. The molecule has 1 heterocycles. The Kier molecular flexibility index (Phi) is 3.01. The second-order valence-electron chi connectivity index (χ2n) is 3.37. The molecule has 0 spiro atoms. The van der Waals surface area contributed by atoms with E-state index in [4.69, 9.17) is 0 Å². The van der Waals surface area contributed by atoms with Crippen LogP contribution in [0, 0.1) is 5.41 Å².